The van der Waals surface area contributed by atoms with Crippen LogP contribution >= 0.6 is 12.2 Å². The highest BCUT2D eigenvalue weighted by Gasteiger charge is 2.04. The number of phenolic OH excluding ortho intramolecular Hbond substituents is 2. The number of aromatic hydroxyl groups is 2. The number of thiocarbonyl (C=S) groups is 1. The third-order valence-electron chi connectivity index (χ3n) is 2.77. The molecule has 0 saturated heterocycles. The summed E-state index contributed by atoms with van der Waals surface area (Å²) >= 11 is 5.15. The highest BCUT2D eigenvalue weighted by Crippen LogP contribution is 2.26. The molecule has 2 rings (SSSR count). The normalized spacial score (nSPS) is 10.0. The Morgan fingerprint density at radius 1 is 1.05 bits per heavy atom. The summed E-state index contributed by atoms with van der Waals surface area (Å²) < 4.78 is 0. The van der Waals surface area contributed by atoms with Crippen molar-refractivity contribution in [2.24, 2.45) is 0 Å². The molecule has 0 bridgehead atoms. The lowest BCUT2D eigenvalue weighted by Gasteiger charge is -2.11. The first-order valence-electron chi connectivity index (χ1n) is 6.26. The van der Waals surface area contributed by atoms with Gasteiger partial charge < -0.3 is 20.8 Å². The number of phenols is 2. The van der Waals surface area contributed by atoms with Crippen LogP contribution in [0.2, 0.25) is 0 Å². The number of hydrogen-bond donors (Lipinski definition) is 4. The van der Waals surface area contributed by atoms with Crippen LogP contribution in [-0.2, 0) is 6.42 Å². The molecule has 0 heterocycles. The average molecular weight is 288 g/mol. The first kappa shape index (κ1) is 14.1. The van der Waals surface area contributed by atoms with Crippen molar-refractivity contribution in [3.05, 3.63) is 54.1 Å². The van der Waals surface area contributed by atoms with Crippen LogP contribution in [0.5, 0.6) is 11.5 Å². The highest BCUT2D eigenvalue weighted by molar-refractivity contribution is 7.80. The second-order valence-electron chi connectivity index (χ2n) is 4.32. The van der Waals surface area contributed by atoms with E-state index >= 15 is 0 Å². The first-order valence-corrected chi connectivity index (χ1v) is 6.67. The van der Waals surface area contributed by atoms with Gasteiger partial charge in [0.25, 0.3) is 0 Å². The summed E-state index contributed by atoms with van der Waals surface area (Å²) in [5, 5.41) is 25.2. The minimum atomic E-state index is -0.0443. The highest BCUT2D eigenvalue weighted by atomic mass is 32.1. The molecule has 4 nitrogen and oxygen atoms in total. The van der Waals surface area contributed by atoms with E-state index in [1.807, 2.05) is 18.2 Å². The molecular weight excluding hydrogens is 272 g/mol. The maximum atomic E-state index is 9.63. The minimum absolute atomic E-state index is 0.0102. The van der Waals surface area contributed by atoms with Crippen LogP contribution in [0, 0.1) is 0 Å². The Labute approximate surface area is 123 Å². The molecule has 2 aromatic rings. The van der Waals surface area contributed by atoms with Crippen LogP contribution in [0.25, 0.3) is 0 Å². The molecule has 0 aliphatic rings. The van der Waals surface area contributed by atoms with E-state index in [0.717, 1.165) is 6.42 Å². The summed E-state index contributed by atoms with van der Waals surface area (Å²) in [6.07, 6.45) is 0.865. The Balaban J connectivity index is 1.81. The van der Waals surface area contributed by atoms with Gasteiger partial charge in [0.2, 0.25) is 0 Å². The molecule has 104 valence electrons. The maximum Gasteiger partial charge on any atom is 0.170 e. The number of rotatable bonds is 4. The summed E-state index contributed by atoms with van der Waals surface area (Å²) in [7, 11) is 0. The van der Waals surface area contributed by atoms with E-state index in [1.54, 1.807) is 6.07 Å². The van der Waals surface area contributed by atoms with Crippen molar-refractivity contribution in [2.45, 2.75) is 6.42 Å². The Morgan fingerprint density at radius 3 is 2.50 bits per heavy atom. The lowest BCUT2D eigenvalue weighted by molar-refractivity contribution is 0.452. The van der Waals surface area contributed by atoms with Crippen LogP contribution in [0.3, 0.4) is 0 Å². The van der Waals surface area contributed by atoms with E-state index in [0.29, 0.717) is 17.3 Å². The summed E-state index contributed by atoms with van der Waals surface area (Å²) in [6, 6.07) is 14.4. The summed E-state index contributed by atoms with van der Waals surface area (Å²) in [6.45, 7) is 0.703. The monoisotopic (exact) mass is 288 g/mol. The third kappa shape index (κ3) is 4.13. The smallest absolute Gasteiger partial charge is 0.170 e. The van der Waals surface area contributed by atoms with Gasteiger partial charge in [0.05, 0.1) is 5.69 Å². The molecule has 0 unspecified atom stereocenters. The van der Waals surface area contributed by atoms with Crippen LogP contribution in [-0.4, -0.2) is 21.9 Å². The van der Waals surface area contributed by atoms with E-state index < -0.39 is 0 Å². The van der Waals surface area contributed by atoms with Gasteiger partial charge in [-0.3, -0.25) is 0 Å². The average Bonchev–Trinajstić information content (AvgIpc) is 2.43. The fourth-order valence-electron chi connectivity index (χ4n) is 1.76. The number of hydrogen-bond acceptors (Lipinski definition) is 3. The molecule has 0 radical (unpaired) electrons. The van der Waals surface area contributed by atoms with Crippen molar-refractivity contribution >= 4 is 23.0 Å². The van der Waals surface area contributed by atoms with Crippen LogP contribution < -0.4 is 10.6 Å². The molecule has 20 heavy (non-hydrogen) atoms. The fourth-order valence-corrected chi connectivity index (χ4v) is 1.97. The van der Waals surface area contributed by atoms with Gasteiger partial charge in [-0.25, -0.2) is 0 Å². The van der Waals surface area contributed by atoms with Crippen molar-refractivity contribution < 1.29 is 10.2 Å². The van der Waals surface area contributed by atoms with Gasteiger partial charge in [0, 0.05) is 12.6 Å². The number of benzene rings is 2. The molecule has 0 aliphatic carbocycles. The largest absolute Gasteiger partial charge is 0.508 e. The van der Waals surface area contributed by atoms with Crippen molar-refractivity contribution in [3.8, 4) is 11.5 Å². The molecule has 0 aliphatic heterocycles. The molecule has 5 heteroatoms. The fraction of sp³-hybridized carbons (Fsp3) is 0.133. The second kappa shape index (κ2) is 6.77. The Hall–Kier alpha value is -2.27. The summed E-state index contributed by atoms with van der Waals surface area (Å²) in [4.78, 5) is 0. The van der Waals surface area contributed by atoms with Gasteiger partial charge in [-0.2, -0.15) is 0 Å². The standard InChI is InChI=1S/C15H16N2O2S/c18-12-6-7-13(14(19)10-12)17-15(20)16-9-8-11-4-2-1-3-5-11/h1-7,10,18-19H,8-9H2,(H2,16,17,20). The lowest BCUT2D eigenvalue weighted by atomic mass is 10.1. The van der Waals surface area contributed by atoms with E-state index in [1.165, 1.54) is 17.7 Å². The van der Waals surface area contributed by atoms with Gasteiger partial charge in [-0.05, 0) is 36.3 Å². The molecule has 4 N–H and O–H groups in total. The number of nitrogens with one attached hydrogen (secondary N) is 2. The Bertz CT molecular complexity index is 588. The minimum Gasteiger partial charge on any atom is -0.508 e. The zero-order valence-electron chi connectivity index (χ0n) is 10.8. The predicted molar refractivity (Wildman–Crippen MR) is 84.1 cm³/mol. The molecule has 0 saturated carbocycles. The molecule has 0 spiro atoms. The predicted octanol–water partition coefficient (Wildman–Crippen LogP) is 2.63. The zero-order chi connectivity index (χ0) is 14.4. The van der Waals surface area contributed by atoms with Gasteiger partial charge in [0.1, 0.15) is 11.5 Å². The van der Waals surface area contributed by atoms with Crippen LogP contribution in [0.4, 0.5) is 5.69 Å². The van der Waals surface area contributed by atoms with Gasteiger partial charge in [0.15, 0.2) is 5.11 Å². The summed E-state index contributed by atoms with van der Waals surface area (Å²) in [5.41, 5.74) is 1.69. The molecule has 2 aromatic carbocycles. The van der Waals surface area contributed by atoms with Crippen LogP contribution in [0.15, 0.2) is 48.5 Å². The first-order chi connectivity index (χ1) is 9.65. The Morgan fingerprint density at radius 2 is 1.80 bits per heavy atom. The third-order valence-corrected chi connectivity index (χ3v) is 3.02. The molecule has 0 aromatic heterocycles. The lowest BCUT2D eigenvalue weighted by Crippen LogP contribution is -2.30. The van der Waals surface area contributed by atoms with Gasteiger partial charge in [-0.15, -0.1) is 0 Å². The van der Waals surface area contributed by atoms with Crippen molar-refractivity contribution in [1.82, 2.24) is 5.32 Å². The molecular formula is C15H16N2O2S. The SMILES string of the molecule is Oc1ccc(NC(=S)NCCc2ccccc2)c(O)c1. The van der Waals surface area contributed by atoms with E-state index in [4.69, 9.17) is 12.2 Å². The molecule has 0 amide bonds. The Kier molecular flexibility index (Phi) is 4.79. The molecule has 0 fully saturated rings. The van der Waals surface area contributed by atoms with Crippen molar-refractivity contribution in [1.29, 1.82) is 0 Å². The van der Waals surface area contributed by atoms with Gasteiger partial charge >= 0.3 is 0 Å². The number of anilines is 1. The second-order valence-corrected chi connectivity index (χ2v) is 4.73. The zero-order valence-corrected chi connectivity index (χ0v) is 11.7. The van der Waals surface area contributed by atoms with Crippen molar-refractivity contribution in [3.63, 3.8) is 0 Å². The van der Waals surface area contributed by atoms with Crippen molar-refractivity contribution in [2.75, 3.05) is 11.9 Å². The quantitative estimate of drug-likeness (QED) is 0.396. The van der Waals surface area contributed by atoms with E-state index in [9.17, 15) is 10.2 Å². The summed E-state index contributed by atoms with van der Waals surface area (Å²) in [5.74, 6) is -0.0341. The topological polar surface area (TPSA) is 64.5 Å². The van der Waals surface area contributed by atoms with E-state index in [2.05, 4.69) is 22.8 Å². The molecule has 0 atom stereocenters. The van der Waals surface area contributed by atoms with Crippen LogP contribution in [0.1, 0.15) is 5.56 Å². The van der Waals surface area contributed by atoms with Gasteiger partial charge in [-0.1, -0.05) is 30.3 Å². The maximum absolute atomic E-state index is 9.63. The van der Waals surface area contributed by atoms with E-state index in [-0.39, 0.29) is 11.5 Å².